The molecule has 0 fully saturated rings. The van der Waals surface area contributed by atoms with Crippen LogP contribution in [0.15, 0.2) is 28.4 Å². The first kappa shape index (κ1) is 41.5. The molecule has 0 atom stereocenters. The molecule has 0 bridgehead atoms. The maximum absolute atomic E-state index is 13.3. The third kappa shape index (κ3) is 9.08. The lowest BCUT2D eigenvalue weighted by molar-refractivity contribution is -0.142. The summed E-state index contributed by atoms with van der Waals surface area (Å²) in [6.45, 7) is -0.380. The Morgan fingerprint density at radius 3 is 2.17 bits per heavy atom. The number of aryl methyl sites for hydroxylation is 1. The van der Waals surface area contributed by atoms with Gasteiger partial charge >= 0.3 is 19.0 Å². The van der Waals surface area contributed by atoms with Crippen molar-refractivity contribution >= 4 is 36.6 Å². The van der Waals surface area contributed by atoms with Crippen LogP contribution >= 0.6 is 0 Å². The fourth-order valence-electron chi connectivity index (χ4n) is 4.53. The molecular weight excluding hydrogens is 798 g/mol. The van der Waals surface area contributed by atoms with E-state index in [0.29, 0.717) is 10.7 Å². The van der Waals surface area contributed by atoms with Gasteiger partial charge in [-0.25, -0.2) is 31.2 Å². The van der Waals surface area contributed by atoms with Crippen molar-refractivity contribution in [2.24, 2.45) is 12.2 Å². The standard InChI is InChI=1S/C14H13F3N6O5S.C12H14F5N3O4S/c1-26-8-6-9(27-2)23-13(19-8)20-12(21-23)22-29(24,25)10-7(14(15,16)17)4-5-18-11(10)28-3;1-11(2)4-7(19-24-11)25(21,22)5-6-8(12(15,16)17)18-20(3)9(6)23-10(13)14/h4-6H,1-3H3,(H,21,22);10H,4-5H2,1-3H3. The molecule has 0 amide bonds. The average Bonchev–Trinajstić information content (AvgIpc) is 3.73. The van der Waals surface area contributed by atoms with E-state index in [-0.39, 0.29) is 24.0 Å². The number of pyridine rings is 1. The van der Waals surface area contributed by atoms with E-state index in [1.54, 1.807) is 0 Å². The summed E-state index contributed by atoms with van der Waals surface area (Å²) in [7, 11) is -4.63. The van der Waals surface area contributed by atoms with E-state index >= 15 is 0 Å². The average molecular weight is 826 g/mol. The predicted molar refractivity (Wildman–Crippen MR) is 165 cm³/mol. The number of rotatable bonds is 10. The molecule has 1 N–H and O–H groups in total. The summed E-state index contributed by atoms with van der Waals surface area (Å²) >= 11 is 0. The Kier molecular flexibility index (Phi) is 11.4. The molecule has 0 aromatic carbocycles. The molecule has 298 valence electrons. The summed E-state index contributed by atoms with van der Waals surface area (Å²) < 4.78 is 176. The summed E-state index contributed by atoms with van der Waals surface area (Å²) in [5, 5.41) is 9.82. The second kappa shape index (κ2) is 14.9. The van der Waals surface area contributed by atoms with Crippen LogP contribution in [0.25, 0.3) is 5.78 Å². The monoisotopic (exact) mass is 825 g/mol. The van der Waals surface area contributed by atoms with E-state index in [0.717, 1.165) is 24.9 Å². The minimum atomic E-state index is -5.06. The number of alkyl halides is 8. The molecule has 5 heterocycles. The van der Waals surface area contributed by atoms with Gasteiger partial charge in [-0.3, -0.25) is 0 Å². The van der Waals surface area contributed by atoms with Gasteiger partial charge in [0.05, 0.1) is 44.3 Å². The molecule has 4 aromatic heterocycles. The number of ether oxygens (including phenoxy) is 4. The van der Waals surface area contributed by atoms with Crippen molar-refractivity contribution in [3.05, 3.63) is 35.2 Å². The SMILES string of the molecule is COc1cc(OC)n2nc(NS(=O)(=O)c3c(C(F)(F)F)ccnc3OC)nc2n1.Cn1nc(C(F)(F)F)c(CS(=O)(=O)C2=NOC(C)(C)C2)c1OC(F)F. The van der Waals surface area contributed by atoms with Gasteiger partial charge in [0.2, 0.25) is 23.5 Å². The second-order valence-corrected chi connectivity index (χ2v) is 14.8. The minimum absolute atomic E-state index is 0.0970. The van der Waals surface area contributed by atoms with Crippen LogP contribution in [0.1, 0.15) is 37.1 Å². The van der Waals surface area contributed by atoms with Crippen LogP contribution in [0.3, 0.4) is 0 Å². The van der Waals surface area contributed by atoms with Gasteiger partial charge in [0.1, 0.15) is 5.60 Å². The van der Waals surface area contributed by atoms with Gasteiger partial charge in [0.25, 0.3) is 21.7 Å². The Morgan fingerprint density at radius 2 is 1.65 bits per heavy atom. The Labute approximate surface area is 299 Å². The highest BCUT2D eigenvalue weighted by molar-refractivity contribution is 8.05. The zero-order valence-corrected chi connectivity index (χ0v) is 29.9. The van der Waals surface area contributed by atoms with Gasteiger partial charge in [0.15, 0.2) is 25.5 Å². The molecule has 54 heavy (non-hydrogen) atoms. The fraction of sp³-hybridized carbons (Fsp3) is 0.462. The van der Waals surface area contributed by atoms with E-state index < -0.39 is 94.6 Å². The van der Waals surface area contributed by atoms with Crippen molar-refractivity contribution in [1.82, 2.24) is 34.3 Å². The van der Waals surface area contributed by atoms with E-state index in [4.69, 9.17) is 19.0 Å². The lowest BCUT2D eigenvalue weighted by atomic mass is 10.1. The normalized spacial score (nSPS) is 14.6. The van der Waals surface area contributed by atoms with Crippen molar-refractivity contribution in [3.63, 3.8) is 0 Å². The Bertz CT molecular complexity index is 2280. The number of halogens is 8. The summed E-state index contributed by atoms with van der Waals surface area (Å²) in [5.41, 5.74) is -5.03. The maximum atomic E-state index is 13.3. The van der Waals surface area contributed by atoms with Crippen LogP contribution in [0.5, 0.6) is 23.5 Å². The van der Waals surface area contributed by atoms with Crippen LogP contribution in [0.2, 0.25) is 0 Å². The summed E-state index contributed by atoms with van der Waals surface area (Å²) in [6, 6.07) is 1.87. The van der Waals surface area contributed by atoms with Gasteiger partial charge in [-0.15, -0.1) is 5.10 Å². The summed E-state index contributed by atoms with van der Waals surface area (Å²) in [5.74, 6) is -3.45. The van der Waals surface area contributed by atoms with E-state index in [9.17, 15) is 52.0 Å². The van der Waals surface area contributed by atoms with Crippen LogP contribution in [-0.2, 0) is 49.9 Å². The van der Waals surface area contributed by atoms with E-state index in [2.05, 4.69) is 35.0 Å². The maximum Gasteiger partial charge on any atom is 0.435 e. The molecule has 5 rings (SSSR count). The molecule has 0 spiro atoms. The molecule has 1 aliphatic heterocycles. The molecular formula is C26H27F8N9O9S2. The highest BCUT2D eigenvalue weighted by atomic mass is 32.2. The number of anilines is 1. The van der Waals surface area contributed by atoms with Crippen molar-refractivity contribution in [2.75, 3.05) is 26.1 Å². The lowest BCUT2D eigenvalue weighted by Crippen LogP contribution is -2.24. The molecule has 0 saturated heterocycles. The largest absolute Gasteiger partial charge is 0.481 e. The van der Waals surface area contributed by atoms with Crippen LogP contribution in [0.4, 0.5) is 41.1 Å². The van der Waals surface area contributed by atoms with E-state index in [1.165, 1.54) is 34.1 Å². The quantitative estimate of drug-likeness (QED) is 0.225. The van der Waals surface area contributed by atoms with Gasteiger partial charge in [-0.05, 0) is 19.9 Å². The lowest BCUT2D eigenvalue weighted by Gasteiger charge is -2.15. The number of methoxy groups -OCH3 is 3. The first-order chi connectivity index (χ1) is 24.8. The van der Waals surface area contributed by atoms with Crippen molar-refractivity contribution in [1.29, 1.82) is 0 Å². The van der Waals surface area contributed by atoms with Crippen molar-refractivity contribution < 1.29 is 75.7 Å². The third-order valence-corrected chi connectivity index (χ3v) is 9.75. The molecule has 0 unspecified atom stereocenters. The number of sulfone groups is 1. The van der Waals surface area contributed by atoms with Gasteiger partial charge in [-0.2, -0.15) is 54.7 Å². The smallest absolute Gasteiger partial charge is 0.435 e. The van der Waals surface area contributed by atoms with Gasteiger partial charge in [-0.1, -0.05) is 5.16 Å². The number of sulfonamides is 1. The number of nitrogens with one attached hydrogen (secondary N) is 1. The Morgan fingerprint density at radius 1 is 0.981 bits per heavy atom. The van der Waals surface area contributed by atoms with Crippen LogP contribution < -0.4 is 23.7 Å². The molecule has 0 saturated carbocycles. The van der Waals surface area contributed by atoms with E-state index in [1.807, 2.05) is 4.72 Å². The number of hydrogen-bond acceptors (Lipinski definition) is 15. The first-order valence-corrected chi connectivity index (χ1v) is 17.5. The molecule has 0 radical (unpaired) electrons. The zero-order chi connectivity index (χ0) is 40.6. The Hall–Kier alpha value is -5.28. The zero-order valence-electron chi connectivity index (χ0n) is 28.3. The van der Waals surface area contributed by atoms with Crippen LogP contribution in [0, 0.1) is 0 Å². The number of aromatic nitrogens is 7. The van der Waals surface area contributed by atoms with Gasteiger partial charge in [0, 0.05) is 19.7 Å². The topological polar surface area (TPSA) is 213 Å². The highest BCUT2D eigenvalue weighted by Gasteiger charge is 2.44. The predicted octanol–water partition coefficient (Wildman–Crippen LogP) is 3.83. The summed E-state index contributed by atoms with van der Waals surface area (Å²) in [4.78, 5) is 15.0. The van der Waals surface area contributed by atoms with Gasteiger partial charge < -0.3 is 23.8 Å². The summed E-state index contributed by atoms with van der Waals surface area (Å²) in [6.07, 6.45) is -9.42. The first-order valence-electron chi connectivity index (χ1n) is 14.4. The second-order valence-electron chi connectivity index (χ2n) is 11.2. The number of fused-ring (bicyclic) bond motifs is 1. The van der Waals surface area contributed by atoms with Crippen molar-refractivity contribution in [3.8, 4) is 23.5 Å². The molecule has 18 nitrogen and oxygen atoms in total. The van der Waals surface area contributed by atoms with Crippen molar-refractivity contribution in [2.45, 2.75) is 55.5 Å². The highest BCUT2D eigenvalue weighted by Crippen LogP contribution is 2.39. The fourth-order valence-corrected chi connectivity index (χ4v) is 7.32. The molecule has 4 aromatic rings. The molecule has 0 aliphatic carbocycles. The Balaban J connectivity index is 0.000000244. The molecule has 28 heteroatoms. The number of hydrogen-bond donors (Lipinski definition) is 1. The number of oxime groups is 1. The third-order valence-electron chi connectivity index (χ3n) is 6.76. The molecule has 1 aliphatic rings. The van der Waals surface area contributed by atoms with Crippen LogP contribution in [-0.4, -0.2) is 89.8 Å². The number of nitrogens with zero attached hydrogens (tertiary/aromatic N) is 8. The minimum Gasteiger partial charge on any atom is -0.481 e.